The molecule has 0 radical (unpaired) electrons. The summed E-state index contributed by atoms with van der Waals surface area (Å²) in [6.45, 7) is 1.52. The number of nitrogens with zero attached hydrogens (tertiary/aromatic N) is 1. The molecule has 1 heterocycles. The van der Waals surface area contributed by atoms with Gasteiger partial charge in [-0.3, -0.25) is 9.63 Å². The third-order valence-electron chi connectivity index (χ3n) is 2.72. The summed E-state index contributed by atoms with van der Waals surface area (Å²) in [5.74, 6) is 0.846. The maximum absolute atomic E-state index is 11.4. The Labute approximate surface area is 72.6 Å². The van der Waals surface area contributed by atoms with E-state index in [1.165, 1.54) is 19.3 Å². The molecule has 1 aliphatic carbocycles. The van der Waals surface area contributed by atoms with Gasteiger partial charge in [-0.2, -0.15) is 0 Å². The van der Waals surface area contributed by atoms with Crippen LogP contribution in [0.25, 0.3) is 0 Å². The fourth-order valence-electron chi connectivity index (χ4n) is 1.69. The number of amides is 1. The molecule has 0 aromatic carbocycles. The molecule has 3 nitrogen and oxygen atoms in total. The number of hydrogen-bond acceptors (Lipinski definition) is 2. The molecule has 1 aliphatic heterocycles. The lowest BCUT2D eigenvalue weighted by Crippen LogP contribution is -2.29. The smallest absolute Gasteiger partial charge is 0.246 e. The maximum Gasteiger partial charge on any atom is 0.246 e. The van der Waals surface area contributed by atoms with Crippen molar-refractivity contribution in [3.63, 3.8) is 0 Å². The summed E-state index contributed by atoms with van der Waals surface area (Å²) in [5.41, 5.74) is 0. The van der Waals surface area contributed by atoms with Crippen molar-refractivity contribution in [2.24, 2.45) is 5.92 Å². The van der Waals surface area contributed by atoms with Crippen LogP contribution < -0.4 is 0 Å². The van der Waals surface area contributed by atoms with Crippen molar-refractivity contribution >= 4 is 5.91 Å². The Bertz CT molecular complexity index is 171. The Balaban J connectivity index is 1.74. The monoisotopic (exact) mass is 169 g/mol. The highest BCUT2D eigenvalue weighted by Crippen LogP contribution is 2.30. The average Bonchev–Trinajstić information content (AvgIpc) is 2.47. The van der Waals surface area contributed by atoms with E-state index in [0.717, 1.165) is 19.6 Å². The quantitative estimate of drug-likeness (QED) is 0.624. The molecule has 68 valence electrons. The van der Waals surface area contributed by atoms with Crippen molar-refractivity contribution < 1.29 is 9.63 Å². The molecule has 1 saturated heterocycles. The lowest BCUT2D eigenvalue weighted by atomic mass is 9.83. The van der Waals surface area contributed by atoms with Gasteiger partial charge in [-0.05, 0) is 25.2 Å². The van der Waals surface area contributed by atoms with Gasteiger partial charge in [0.25, 0.3) is 0 Å². The highest BCUT2D eigenvalue weighted by molar-refractivity contribution is 5.75. The molecule has 3 heteroatoms. The summed E-state index contributed by atoms with van der Waals surface area (Å²) in [5, 5.41) is 1.54. The van der Waals surface area contributed by atoms with Crippen LogP contribution in [-0.2, 0) is 9.63 Å². The summed E-state index contributed by atoms with van der Waals surface area (Å²) < 4.78 is 0. The predicted molar refractivity (Wildman–Crippen MR) is 44.2 cm³/mol. The number of carbonyl (C=O) groups excluding carboxylic acids is 1. The predicted octanol–water partition coefficient (Wildman–Crippen LogP) is 1.34. The average molecular weight is 169 g/mol. The molecular weight excluding hydrogens is 154 g/mol. The largest absolute Gasteiger partial charge is 0.273 e. The minimum Gasteiger partial charge on any atom is -0.273 e. The highest BCUT2D eigenvalue weighted by atomic mass is 16.7. The Morgan fingerprint density at radius 1 is 1.42 bits per heavy atom. The molecular formula is C9H15NO2. The summed E-state index contributed by atoms with van der Waals surface area (Å²) in [6, 6.07) is 0. The van der Waals surface area contributed by atoms with Gasteiger partial charge >= 0.3 is 0 Å². The topological polar surface area (TPSA) is 29.5 Å². The number of rotatable bonds is 2. The molecule has 2 aliphatic rings. The van der Waals surface area contributed by atoms with E-state index in [1.807, 2.05) is 0 Å². The van der Waals surface area contributed by atoms with Crippen molar-refractivity contribution in [1.82, 2.24) is 5.06 Å². The van der Waals surface area contributed by atoms with Crippen molar-refractivity contribution in [1.29, 1.82) is 0 Å². The zero-order chi connectivity index (χ0) is 8.39. The SMILES string of the molecule is O=C(CC1CCC1)N1CCCO1. The van der Waals surface area contributed by atoms with Gasteiger partial charge in [0.05, 0.1) is 13.2 Å². The molecule has 0 atom stereocenters. The summed E-state index contributed by atoms with van der Waals surface area (Å²) in [7, 11) is 0. The Morgan fingerprint density at radius 3 is 2.75 bits per heavy atom. The van der Waals surface area contributed by atoms with Crippen LogP contribution in [0, 0.1) is 5.92 Å². The maximum atomic E-state index is 11.4. The van der Waals surface area contributed by atoms with Crippen molar-refractivity contribution in [3.05, 3.63) is 0 Å². The summed E-state index contributed by atoms with van der Waals surface area (Å²) in [4.78, 5) is 16.6. The van der Waals surface area contributed by atoms with Gasteiger partial charge in [0.15, 0.2) is 0 Å². The molecule has 2 fully saturated rings. The molecule has 0 aromatic heterocycles. The zero-order valence-electron chi connectivity index (χ0n) is 7.29. The van der Waals surface area contributed by atoms with Gasteiger partial charge < -0.3 is 0 Å². The third kappa shape index (κ3) is 1.61. The molecule has 12 heavy (non-hydrogen) atoms. The van der Waals surface area contributed by atoms with E-state index in [1.54, 1.807) is 5.06 Å². The zero-order valence-corrected chi connectivity index (χ0v) is 7.29. The van der Waals surface area contributed by atoms with E-state index in [4.69, 9.17) is 4.84 Å². The molecule has 0 aromatic rings. The third-order valence-corrected chi connectivity index (χ3v) is 2.72. The second-order valence-corrected chi connectivity index (χ2v) is 3.68. The van der Waals surface area contributed by atoms with Gasteiger partial charge in [-0.15, -0.1) is 0 Å². The minimum absolute atomic E-state index is 0.192. The van der Waals surface area contributed by atoms with Crippen LogP contribution >= 0.6 is 0 Å². The first-order valence-electron chi connectivity index (χ1n) is 4.79. The van der Waals surface area contributed by atoms with Gasteiger partial charge in [0.2, 0.25) is 5.91 Å². The Hall–Kier alpha value is -0.570. The normalized spacial score (nSPS) is 24.2. The minimum atomic E-state index is 0.192. The van der Waals surface area contributed by atoms with E-state index >= 15 is 0 Å². The van der Waals surface area contributed by atoms with Crippen molar-refractivity contribution in [3.8, 4) is 0 Å². The number of hydrogen-bond donors (Lipinski definition) is 0. The van der Waals surface area contributed by atoms with E-state index < -0.39 is 0 Å². The second kappa shape index (κ2) is 3.44. The molecule has 1 amide bonds. The van der Waals surface area contributed by atoms with E-state index in [-0.39, 0.29) is 5.91 Å². The Morgan fingerprint density at radius 2 is 2.25 bits per heavy atom. The molecule has 0 N–H and O–H groups in total. The molecule has 0 bridgehead atoms. The van der Waals surface area contributed by atoms with Crippen LogP contribution in [0.15, 0.2) is 0 Å². The van der Waals surface area contributed by atoms with E-state index in [0.29, 0.717) is 12.3 Å². The number of hydroxylamine groups is 2. The fraction of sp³-hybridized carbons (Fsp3) is 0.889. The van der Waals surface area contributed by atoms with E-state index in [2.05, 4.69) is 0 Å². The Kier molecular flexibility index (Phi) is 2.30. The first-order chi connectivity index (χ1) is 5.86. The lowest BCUT2D eigenvalue weighted by Gasteiger charge is -2.26. The summed E-state index contributed by atoms with van der Waals surface area (Å²) in [6.07, 6.45) is 5.48. The van der Waals surface area contributed by atoms with Crippen LogP contribution in [0.5, 0.6) is 0 Å². The van der Waals surface area contributed by atoms with Gasteiger partial charge in [0.1, 0.15) is 0 Å². The van der Waals surface area contributed by atoms with Crippen LogP contribution in [0.1, 0.15) is 32.1 Å². The number of carbonyl (C=O) groups is 1. The van der Waals surface area contributed by atoms with Crippen LogP contribution in [0.3, 0.4) is 0 Å². The lowest BCUT2D eigenvalue weighted by molar-refractivity contribution is -0.170. The van der Waals surface area contributed by atoms with Crippen LogP contribution in [-0.4, -0.2) is 24.1 Å². The van der Waals surface area contributed by atoms with Gasteiger partial charge in [-0.25, -0.2) is 5.06 Å². The van der Waals surface area contributed by atoms with Crippen LogP contribution in [0.4, 0.5) is 0 Å². The van der Waals surface area contributed by atoms with Crippen molar-refractivity contribution in [2.45, 2.75) is 32.1 Å². The highest BCUT2D eigenvalue weighted by Gasteiger charge is 2.25. The van der Waals surface area contributed by atoms with Gasteiger partial charge in [0, 0.05) is 6.42 Å². The molecule has 0 spiro atoms. The second-order valence-electron chi connectivity index (χ2n) is 3.68. The standard InChI is InChI=1S/C9H15NO2/c11-9(7-8-3-1-4-8)10-5-2-6-12-10/h8H,1-7H2. The van der Waals surface area contributed by atoms with E-state index in [9.17, 15) is 4.79 Å². The van der Waals surface area contributed by atoms with Gasteiger partial charge in [-0.1, -0.05) is 6.42 Å². The van der Waals surface area contributed by atoms with Crippen molar-refractivity contribution in [2.75, 3.05) is 13.2 Å². The fourth-order valence-corrected chi connectivity index (χ4v) is 1.69. The molecule has 1 saturated carbocycles. The van der Waals surface area contributed by atoms with Crippen LogP contribution in [0.2, 0.25) is 0 Å². The first-order valence-corrected chi connectivity index (χ1v) is 4.79. The first kappa shape index (κ1) is 8.05. The summed E-state index contributed by atoms with van der Waals surface area (Å²) >= 11 is 0. The molecule has 2 rings (SSSR count). The molecule has 0 unspecified atom stereocenters.